The number of allylic oxidation sites excluding steroid dienone is 2. The zero-order valence-corrected chi connectivity index (χ0v) is 21.8. The highest BCUT2D eigenvalue weighted by atomic mass is 16.2. The summed E-state index contributed by atoms with van der Waals surface area (Å²) in [5, 5.41) is 24.0. The van der Waals surface area contributed by atoms with Crippen molar-refractivity contribution in [2.45, 2.75) is 26.3 Å². The molecule has 1 fully saturated rings. The number of nitrogen functional groups attached to an aromatic ring is 1. The van der Waals surface area contributed by atoms with Gasteiger partial charge in [0.2, 0.25) is 5.91 Å². The quantitative estimate of drug-likeness (QED) is 0.269. The Kier molecular flexibility index (Phi) is 6.30. The SMILES string of the molecule is CC(=O)N1CCN(c2cccc(-c3cc(-c4cnn(C(=N)/C=C\C=N)c4)c4c(N)ncnn34)c2)C(=O)C1(C)C. The summed E-state index contributed by atoms with van der Waals surface area (Å²) < 4.78 is 3.10. The van der Waals surface area contributed by atoms with Crippen molar-refractivity contribution in [1.29, 1.82) is 10.8 Å². The first kappa shape index (κ1) is 25.5. The molecular weight excluding hydrogens is 496 g/mol. The normalized spacial score (nSPS) is 15.3. The van der Waals surface area contributed by atoms with Gasteiger partial charge in [0.1, 0.15) is 23.2 Å². The minimum Gasteiger partial charge on any atom is -0.382 e. The molecule has 4 aromatic rings. The Labute approximate surface area is 224 Å². The number of nitrogens with zero attached hydrogens (tertiary/aromatic N) is 7. The van der Waals surface area contributed by atoms with Crippen molar-refractivity contribution < 1.29 is 9.59 Å². The average molecular weight is 525 g/mol. The lowest BCUT2D eigenvalue weighted by Crippen LogP contribution is -2.64. The van der Waals surface area contributed by atoms with Crippen LogP contribution in [-0.2, 0) is 9.59 Å². The summed E-state index contributed by atoms with van der Waals surface area (Å²) in [6, 6.07) is 9.52. The number of benzene rings is 1. The molecule has 4 heterocycles. The Balaban J connectivity index is 1.57. The number of hydrogen-bond acceptors (Lipinski definition) is 8. The highest BCUT2D eigenvalue weighted by Crippen LogP contribution is 2.36. The number of carbonyl (C=O) groups is 2. The molecule has 0 spiro atoms. The molecule has 1 saturated heterocycles. The van der Waals surface area contributed by atoms with Crippen LogP contribution in [0.5, 0.6) is 0 Å². The van der Waals surface area contributed by atoms with Gasteiger partial charge in [0.15, 0.2) is 5.82 Å². The smallest absolute Gasteiger partial charge is 0.252 e. The van der Waals surface area contributed by atoms with E-state index in [4.69, 9.17) is 16.6 Å². The fourth-order valence-electron chi connectivity index (χ4n) is 4.96. The van der Waals surface area contributed by atoms with E-state index in [0.29, 0.717) is 29.9 Å². The molecule has 0 radical (unpaired) electrons. The highest BCUT2D eigenvalue weighted by molar-refractivity contribution is 6.03. The zero-order chi connectivity index (χ0) is 27.9. The summed E-state index contributed by atoms with van der Waals surface area (Å²) in [5.74, 6) is 0.102. The Morgan fingerprint density at radius 3 is 2.69 bits per heavy atom. The third-order valence-electron chi connectivity index (χ3n) is 6.90. The number of nitrogens with one attached hydrogen (secondary N) is 2. The predicted molar refractivity (Wildman–Crippen MR) is 149 cm³/mol. The number of fused-ring (bicyclic) bond motifs is 1. The zero-order valence-electron chi connectivity index (χ0n) is 21.8. The molecule has 39 heavy (non-hydrogen) atoms. The van der Waals surface area contributed by atoms with Gasteiger partial charge in [0.05, 0.1) is 11.9 Å². The van der Waals surface area contributed by atoms with Gasteiger partial charge in [-0.3, -0.25) is 15.0 Å². The first-order valence-electron chi connectivity index (χ1n) is 12.3. The van der Waals surface area contributed by atoms with Crippen LogP contribution in [-0.4, -0.2) is 71.8 Å². The first-order chi connectivity index (χ1) is 18.6. The molecule has 0 atom stereocenters. The molecule has 0 unspecified atom stereocenters. The summed E-state index contributed by atoms with van der Waals surface area (Å²) in [7, 11) is 0. The van der Waals surface area contributed by atoms with Crippen LogP contribution >= 0.6 is 0 Å². The number of carbonyl (C=O) groups excluding carboxylic acids is 2. The second-order valence-electron chi connectivity index (χ2n) is 9.67. The second kappa shape index (κ2) is 9.63. The van der Waals surface area contributed by atoms with Gasteiger partial charge in [-0.1, -0.05) is 12.1 Å². The number of rotatable bonds is 5. The average Bonchev–Trinajstić information content (AvgIpc) is 3.55. The summed E-state index contributed by atoms with van der Waals surface area (Å²) in [6.07, 6.45) is 8.72. The highest BCUT2D eigenvalue weighted by Gasteiger charge is 2.43. The Morgan fingerprint density at radius 1 is 1.15 bits per heavy atom. The van der Waals surface area contributed by atoms with E-state index in [2.05, 4.69) is 15.2 Å². The lowest BCUT2D eigenvalue weighted by molar-refractivity contribution is -0.145. The van der Waals surface area contributed by atoms with Crippen LogP contribution in [0.25, 0.3) is 27.9 Å². The minimum atomic E-state index is -0.960. The van der Waals surface area contributed by atoms with E-state index in [0.717, 1.165) is 23.0 Å². The molecule has 12 heteroatoms. The van der Waals surface area contributed by atoms with Crippen LogP contribution in [0, 0.1) is 10.8 Å². The molecule has 0 bridgehead atoms. The van der Waals surface area contributed by atoms with Gasteiger partial charge in [-0.2, -0.15) is 10.2 Å². The van der Waals surface area contributed by atoms with E-state index < -0.39 is 5.54 Å². The van der Waals surface area contributed by atoms with Crippen LogP contribution in [0.1, 0.15) is 20.8 Å². The second-order valence-corrected chi connectivity index (χ2v) is 9.67. The third kappa shape index (κ3) is 4.35. The summed E-state index contributed by atoms with van der Waals surface area (Å²) in [6.45, 7) is 5.83. The Hall–Kier alpha value is -5.13. The molecule has 2 amide bonds. The fourth-order valence-corrected chi connectivity index (χ4v) is 4.96. The molecular formula is C27H28N10O2. The Bertz CT molecular complexity index is 1660. The van der Waals surface area contributed by atoms with E-state index in [1.165, 1.54) is 30.1 Å². The summed E-state index contributed by atoms with van der Waals surface area (Å²) in [4.78, 5) is 33.0. The topological polar surface area (TPSA) is 162 Å². The maximum atomic E-state index is 13.4. The molecule has 198 valence electrons. The molecule has 3 aromatic heterocycles. The first-order valence-corrected chi connectivity index (χ1v) is 12.3. The molecule has 1 aliphatic rings. The van der Waals surface area contributed by atoms with Crippen molar-refractivity contribution in [3.63, 3.8) is 0 Å². The van der Waals surface area contributed by atoms with E-state index in [-0.39, 0.29) is 23.5 Å². The monoisotopic (exact) mass is 524 g/mol. The van der Waals surface area contributed by atoms with Crippen LogP contribution in [0.15, 0.2) is 61.2 Å². The number of piperazine rings is 1. The number of anilines is 2. The summed E-state index contributed by atoms with van der Waals surface area (Å²) in [5.41, 5.74) is 9.61. The molecule has 12 nitrogen and oxygen atoms in total. The van der Waals surface area contributed by atoms with Crippen LogP contribution in [0.2, 0.25) is 0 Å². The summed E-state index contributed by atoms with van der Waals surface area (Å²) >= 11 is 0. The van der Waals surface area contributed by atoms with E-state index in [1.54, 1.807) is 40.6 Å². The molecule has 4 N–H and O–H groups in total. The lowest BCUT2D eigenvalue weighted by atomic mass is 9.96. The van der Waals surface area contributed by atoms with Crippen LogP contribution in [0.3, 0.4) is 0 Å². The molecule has 1 aliphatic heterocycles. The van der Waals surface area contributed by atoms with Crippen molar-refractivity contribution in [3.8, 4) is 22.4 Å². The van der Waals surface area contributed by atoms with Gasteiger partial charge in [0, 0.05) is 54.8 Å². The van der Waals surface area contributed by atoms with Crippen molar-refractivity contribution in [2.75, 3.05) is 23.7 Å². The molecule has 5 rings (SSSR count). The lowest BCUT2D eigenvalue weighted by Gasteiger charge is -2.45. The van der Waals surface area contributed by atoms with Crippen molar-refractivity contribution in [1.82, 2.24) is 29.3 Å². The largest absolute Gasteiger partial charge is 0.382 e. The van der Waals surface area contributed by atoms with Gasteiger partial charge in [-0.15, -0.1) is 0 Å². The number of aromatic nitrogens is 5. The van der Waals surface area contributed by atoms with E-state index in [1.807, 2.05) is 30.3 Å². The minimum absolute atomic E-state index is 0.0999. The van der Waals surface area contributed by atoms with Crippen LogP contribution < -0.4 is 10.6 Å². The van der Waals surface area contributed by atoms with Gasteiger partial charge in [0.25, 0.3) is 5.91 Å². The number of hydrogen-bond donors (Lipinski definition) is 3. The third-order valence-corrected chi connectivity index (χ3v) is 6.90. The van der Waals surface area contributed by atoms with E-state index >= 15 is 0 Å². The maximum Gasteiger partial charge on any atom is 0.252 e. The fraction of sp³-hybridized carbons (Fsp3) is 0.222. The maximum absolute atomic E-state index is 13.4. The van der Waals surface area contributed by atoms with Crippen LogP contribution in [0.4, 0.5) is 11.5 Å². The molecule has 0 saturated carbocycles. The Morgan fingerprint density at radius 2 is 1.95 bits per heavy atom. The molecule has 0 aliphatic carbocycles. The number of nitrogens with two attached hydrogens (primary N) is 1. The van der Waals surface area contributed by atoms with Crippen molar-refractivity contribution >= 4 is 40.9 Å². The standard InChI is InChI=1S/C27H28N10O2/c1-17(38)35-11-10-34(26(39)27(35,2)3)20-7-4-6-18(12-20)22-13-21(24-25(30)31-16-33-37(22)24)19-14-32-36(15-19)23(29)8-5-9-28/h4-9,12-16,28-29H,10-11H2,1-3H3,(H2,30,31,33)/b8-5-,28-9?,29-23?. The van der Waals surface area contributed by atoms with Gasteiger partial charge >= 0.3 is 0 Å². The van der Waals surface area contributed by atoms with E-state index in [9.17, 15) is 9.59 Å². The van der Waals surface area contributed by atoms with Crippen molar-refractivity contribution in [2.24, 2.45) is 0 Å². The number of amides is 2. The van der Waals surface area contributed by atoms with Gasteiger partial charge in [-0.05, 0) is 44.2 Å². The van der Waals surface area contributed by atoms with Gasteiger partial charge < -0.3 is 20.9 Å². The van der Waals surface area contributed by atoms with Gasteiger partial charge in [-0.25, -0.2) is 14.2 Å². The predicted octanol–water partition coefficient (Wildman–Crippen LogP) is 2.85. The van der Waals surface area contributed by atoms with Crippen molar-refractivity contribution in [3.05, 3.63) is 61.2 Å². The molecule has 1 aromatic carbocycles.